The van der Waals surface area contributed by atoms with Crippen molar-refractivity contribution < 1.29 is 19.1 Å². The Morgan fingerprint density at radius 1 is 1.11 bits per heavy atom. The second kappa shape index (κ2) is 7.69. The maximum absolute atomic E-state index is 11.6. The van der Waals surface area contributed by atoms with Crippen LogP contribution < -0.4 is 0 Å². The van der Waals surface area contributed by atoms with Crippen LogP contribution in [0.4, 0.5) is 0 Å². The van der Waals surface area contributed by atoms with E-state index >= 15 is 0 Å². The highest BCUT2D eigenvalue weighted by atomic mass is 16.5. The Kier molecular flexibility index (Phi) is 7.01. The molecule has 0 unspecified atom stereocenters. The predicted octanol–water partition coefficient (Wildman–Crippen LogP) is 2.50. The quantitative estimate of drug-likeness (QED) is 0.415. The van der Waals surface area contributed by atoms with Crippen LogP contribution in [0.25, 0.3) is 0 Å². The van der Waals surface area contributed by atoms with Gasteiger partial charge < -0.3 is 9.47 Å². The van der Waals surface area contributed by atoms with Crippen LogP contribution in [-0.2, 0) is 19.1 Å². The van der Waals surface area contributed by atoms with E-state index in [1.807, 2.05) is 18.2 Å². The molecular formula is C14H22O4. The Morgan fingerprint density at radius 2 is 1.61 bits per heavy atom. The second-order valence-corrected chi connectivity index (χ2v) is 4.58. The Bertz CT molecular complexity index is 324. The van der Waals surface area contributed by atoms with E-state index in [1.165, 1.54) is 21.1 Å². The third-order valence-electron chi connectivity index (χ3n) is 2.54. The largest absolute Gasteiger partial charge is 0.468 e. The standard InChI is InChI=1S/C14H22O4/c1-11(2)9-7-6-8-10-14(3,12(15)17-4)13(16)18-5/h6-9,11H,10H2,1-5H3/b8-6-,9-7+. The molecule has 0 N–H and O–H groups in total. The van der Waals surface area contributed by atoms with E-state index in [-0.39, 0.29) is 6.42 Å². The first-order valence-corrected chi connectivity index (χ1v) is 5.88. The summed E-state index contributed by atoms with van der Waals surface area (Å²) >= 11 is 0. The summed E-state index contributed by atoms with van der Waals surface area (Å²) in [4.78, 5) is 23.3. The number of methoxy groups -OCH3 is 2. The molecule has 4 heteroatoms. The number of hydrogen-bond acceptors (Lipinski definition) is 4. The lowest BCUT2D eigenvalue weighted by Crippen LogP contribution is -2.38. The van der Waals surface area contributed by atoms with E-state index in [9.17, 15) is 9.59 Å². The van der Waals surface area contributed by atoms with Crippen molar-refractivity contribution in [1.82, 2.24) is 0 Å². The molecule has 0 aliphatic carbocycles. The van der Waals surface area contributed by atoms with Crippen LogP contribution in [0.15, 0.2) is 24.3 Å². The average Bonchev–Trinajstić information content (AvgIpc) is 2.35. The van der Waals surface area contributed by atoms with Crippen molar-refractivity contribution in [2.24, 2.45) is 11.3 Å². The van der Waals surface area contributed by atoms with Crippen molar-refractivity contribution in [3.05, 3.63) is 24.3 Å². The lowest BCUT2D eigenvalue weighted by atomic mass is 9.86. The monoisotopic (exact) mass is 254 g/mol. The zero-order valence-electron chi connectivity index (χ0n) is 11.7. The number of hydrogen-bond donors (Lipinski definition) is 0. The number of allylic oxidation sites excluding steroid dienone is 4. The van der Waals surface area contributed by atoms with Gasteiger partial charge in [0.15, 0.2) is 5.41 Å². The van der Waals surface area contributed by atoms with E-state index in [2.05, 4.69) is 23.3 Å². The molecule has 0 aromatic carbocycles. The van der Waals surface area contributed by atoms with Crippen molar-refractivity contribution in [3.8, 4) is 0 Å². The van der Waals surface area contributed by atoms with Gasteiger partial charge in [-0.2, -0.15) is 0 Å². The lowest BCUT2D eigenvalue weighted by Gasteiger charge is -2.21. The van der Waals surface area contributed by atoms with Crippen molar-refractivity contribution >= 4 is 11.9 Å². The van der Waals surface area contributed by atoms with Crippen LogP contribution in [0.1, 0.15) is 27.2 Å². The van der Waals surface area contributed by atoms with Crippen LogP contribution in [-0.4, -0.2) is 26.2 Å². The van der Waals surface area contributed by atoms with Gasteiger partial charge in [0.05, 0.1) is 14.2 Å². The maximum atomic E-state index is 11.6. The number of carbonyl (C=O) groups excluding carboxylic acids is 2. The molecule has 18 heavy (non-hydrogen) atoms. The van der Waals surface area contributed by atoms with Gasteiger partial charge in [0, 0.05) is 0 Å². The molecule has 0 saturated carbocycles. The molecule has 0 aromatic rings. The molecule has 0 spiro atoms. The van der Waals surface area contributed by atoms with E-state index in [0.717, 1.165) is 0 Å². The summed E-state index contributed by atoms with van der Waals surface area (Å²) < 4.78 is 9.28. The SMILES string of the molecule is COC(=O)C(C)(C/C=C\C=C\C(C)C)C(=O)OC. The highest BCUT2D eigenvalue weighted by Gasteiger charge is 2.42. The van der Waals surface area contributed by atoms with Crippen LogP contribution >= 0.6 is 0 Å². The fraction of sp³-hybridized carbons (Fsp3) is 0.571. The van der Waals surface area contributed by atoms with Gasteiger partial charge in [-0.3, -0.25) is 9.59 Å². The summed E-state index contributed by atoms with van der Waals surface area (Å²) in [6.07, 6.45) is 7.72. The average molecular weight is 254 g/mol. The lowest BCUT2D eigenvalue weighted by molar-refractivity contribution is -0.167. The Labute approximate surface area is 109 Å². The van der Waals surface area contributed by atoms with Gasteiger partial charge >= 0.3 is 11.9 Å². The van der Waals surface area contributed by atoms with Gasteiger partial charge in [-0.25, -0.2) is 0 Å². The zero-order chi connectivity index (χ0) is 14.2. The van der Waals surface area contributed by atoms with Gasteiger partial charge in [0.1, 0.15) is 0 Å². The molecule has 0 rings (SSSR count). The normalized spacial score (nSPS) is 12.3. The Hall–Kier alpha value is -1.58. The fourth-order valence-electron chi connectivity index (χ4n) is 1.37. The third kappa shape index (κ3) is 4.73. The van der Waals surface area contributed by atoms with Crippen molar-refractivity contribution in [2.75, 3.05) is 14.2 Å². The minimum absolute atomic E-state index is 0.245. The summed E-state index contributed by atoms with van der Waals surface area (Å²) in [7, 11) is 2.51. The molecule has 0 aliphatic rings. The van der Waals surface area contributed by atoms with Gasteiger partial charge in [-0.1, -0.05) is 38.2 Å². The van der Waals surface area contributed by atoms with Crippen LogP contribution in [0, 0.1) is 11.3 Å². The molecule has 0 heterocycles. The van der Waals surface area contributed by atoms with E-state index in [0.29, 0.717) is 5.92 Å². The van der Waals surface area contributed by atoms with E-state index in [1.54, 1.807) is 6.08 Å². The van der Waals surface area contributed by atoms with Crippen molar-refractivity contribution in [3.63, 3.8) is 0 Å². The summed E-state index contributed by atoms with van der Waals surface area (Å²) in [6.45, 7) is 5.65. The summed E-state index contributed by atoms with van der Waals surface area (Å²) in [5, 5.41) is 0. The van der Waals surface area contributed by atoms with Gasteiger partial charge in [0.25, 0.3) is 0 Å². The van der Waals surface area contributed by atoms with Crippen LogP contribution in [0.5, 0.6) is 0 Å². The number of rotatable bonds is 6. The summed E-state index contributed by atoms with van der Waals surface area (Å²) in [5.41, 5.74) is -1.29. The highest BCUT2D eigenvalue weighted by molar-refractivity contribution is 5.99. The molecule has 0 bridgehead atoms. The van der Waals surface area contributed by atoms with Crippen LogP contribution in [0.3, 0.4) is 0 Å². The number of ether oxygens (including phenoxy) is 2. The van der Waals surface area contributed by atoms with Crippen molar-refractivity contribution in [1.29, 1.82) is 0 Å². The molecule has 0 saturated heterocycles. The van der Waals surface area contributed by atoms with Gasteiger partial charge in [0.2, 0.25) is 0 Å². The Balaban J connectivity index is 4.72. The highest BCUT2D eigenvalue weighted by Crippen LogP contribution is 2.25. The molecule has 0 aromatic heterocycles. The summed E-state index contributed by atoms with van der Waals surface area (Å²) in [6, 6.07) is 0. The third-order valence-corrected chi connectivity index (χ3v) is 2.54. The zero-order valence-corrected chi connectivity index (χ0v) is 11.7. The Morgan fingerprint density at radius 3 is 2.00 bits per heavy atom. The van der Waals surface area contributed by atoms with E-state index < -0.39 is 17.4 Å². The van der Waals surface area contributed by atoms with Gasteiger partial charge in [-0.15, -0.1) is 0 Å². The van der Waals surface area contributed by atoms with Gasteiger partial charge in [-0.05, 0) is 19.3 Å². The first-order chi connectivity index (χ1) is 8.38. The minimum atomic E-state index is -1.29. The molecule has 102 valence electrons. The molecule has 0 atom stereocenters. The maximum Gasteiger partial charge on any atom is 0.323 e. The van der Waals surface area contributed by atoms with E-state index in [4.69, 9.17) is 0 Å². The first-order valence-electron chi connectivity index (χ1n) is 5.88. The first kappa shape index (κ1) is 16.4. The molecule has 4 nitrogen and oxygen atoms in total. The van der Waals surface area contributed by atoms with Crippen LogP contribution in [0.2, 0.25) is 0 Å². The minimum Gasteiger partial charge on any atom is -0.468 e. The second-order valence-electron chi connectivity index (χ2n) is 4.58. The number of esters is 2. The topological polar surface area (TPSA) is 52.6 Å². The summed E-state index contributed by atoms with van der Waals surface area (Å²) in [5.74, 6) is -0.721. The number of carbonyl (C=O) groups is 2. The molecule has 0 amide bonds. The fourth-order valence-corrected chi connectivity index (χ4v) is 1.37. The molecule has 0 radical (unpaired) electrons. The molecule has 0 aliphatic heterocycles. The molecule has 0 fully saturated rings. The van der Waals surface area contributed by atoms with Crippen molar-refractivity contribution in [2.45, 2.75) is 27.2 Å². The smallest absolute Gasteiger partial charge is 0.323 e. The predicted molar refractivity (Wildman–Crippen MR) is 69.9 cm³/mol. The molecular weight excluding hydrogens is 232 g/mol.